The maximum absolute atomic E-state index is 5.83. The minimum absolute atomic E-state index is 0.0874. The molecular formula is C42H54O6. The van der Waals surface area contributed by atoms with Gasteiger partial charge in [-0.3, -0.25) is 0 Å². The van der Waals surface area contributed by atoms with E-state index < -0.39 is 0 Å². The van der Waals surface area contributed by atoms with Gasteiger partial charge in [-0.15, -0.1) is 0 Å². The van der Waals surface area contributed by atoms with Crippen LogP contribution in [0.4, 0.5) is 0 Å². The van der Waals surface area contributed by atoms with E-state index >= 15 is 0 Å². The Kier molecular flexibility index (Phi) is 8.32. The SMILES string of the molecule is CC(C)(C)c1c2c(cc3c1CCO3)OCC2.CC(C)(C)c1c2c(cc3c1OCC3)CCO2.CC(C)(C)c1c2c(cc3c1OCC3)OCC2. The Hall–Kier alpha value is -3.54. The molecule has 0 aliphatic carbocycles. The predicted molar refractivity (Wildman–Crippen MR) is 191 cm³/mol. The fourth-order valence-corrected chi connectivity index (χ4v) is 8.36. The largest absolute Gasteiger partial charge is 0.493 e. The first kappa shape index (κ1) is 33.0. The Balaban J connectivity index is 0.000000114. The summed E-state index contributed by atoms with van der Waals surface area (Å²) in [7, 11) is 0. The topological polar surface area (TPSA) is 55.4 Å². The van der Waals surface area contributed by atoms with Gasteiger partial charge in [0.05, 0.1) is 39.6 Å². The molecule has 3 aromatic rings. The standard InChI is InChI=1S/3C14H18O2/c1-14(2,3)13-9-4-6-15-11(9)8-12-10(13)5-7-16-12;1-14(2,3)12-10-5-7-15-11(10)8-9-4-6-16-13(9)12;1-14(2,3)11-12-9(4-6-15-12)8-10-5-7-16-13(10)11/h3*8H,4-7H2,1-3H3. The highest BCUT2D eigenvalue weighted by Gasteiger charge is 2.35. The van der Waals surface area contributed by atoms with Gasteiger partial charge in [0.15, 0.2) is 0 Å². The molecule has 0 unspecified atom stereocenters. The van der Waals surface area contributed by atoms with Gasteiger partial charge in [-0.2, -0.15) is 0 Å². The molecule has 0 amide bonds. The summed E-state index contributed by atoms with van der Waals surface area (Å²) in [6.45, 7) is 25.2. The smallest absolute Gasteiger partial charge is 0.130 e. The van der Waals surface area contributed by atoms with Gasteiger partial charge in [0, 0.05) is 78.0 Å². The van der Waals surface area contributed by atoms with Gasteiger partial charge in [0.1, 0.15) is 34.5 Å². The molecule has 0 spiro atoms. The van der Waals surface area contributed by atoms with Crippen molar-refractivity contribution in [2.24, 2.45) is 0 Å². The second-order valence-corrected chi connectivity index (χ2v) is 17.0. The zero-order chi connectivity index (χ0) is 34.0. The molecule has 6 aliphatic rings. The Morgan fingerprint density at radius 3 is 1.10 bits per heavy atom. The molecule has 0 fully saturated rings. The summed E-state index contributed by atoms with van der Waals surface area (Å²) in [5, 5.41) is 0. The highest BCUT2D eigenvalue weighted by Crippen LogP contribution is 2.48. The minimum atomic E-state index is 0.0874. The summed E-state index contributed by atoms with van der Waals surface area (Å²) in [6, 6.07) is 6.54. The Morgan fingerprint density at radius 2 is 0.688 bits per heavy atom. The number of hydrogen-bond acceptors (Lipinski definition) is 6. The number of hydrogen-bond donors (Lipinski definition) is 0. The van der Waals surface area contributed by atoms with Crippen LogP contribution in [0.5, 0.6) is 34.5 Å². The highest BCUT2D eigenvalue weighted by molar-refractivity contribution is 5.61. The fraction of sp³-hybridized carbons (Fsp3) is 0.571. The monoisotopic (exact) mass is 654 g/mol. The number of ether oxygens (including phenoxy) is 6. The molecule has 0 atom stereocenters. The van der Waals surface area contributed by atoms with Crippen molar-refractivity contribution in [3.05, 3.63) is 68.3 Å². The second-order valence-electron chi connectivity index (χ2n) is 17.0. The van der Waals surface area contributed by atoms with Crippen molar-refractivity contribution in [2.45, 2.75) is 117 Å². The lowest BCUT2D eigenvalue weighted by molar-refractivity contribution is 0.325. The average Bonchev–Trinajstić information content (AvgIpc) is 3.83. The maximum Gasteiger partial charge on any atom is 0.130 e. The first-order valence-electron chi connectivity index (χ1n) is 18.1. The maximum atomic E-state index is 5.83. The molecule has 0 aromatic heterocycles. The Bertz CT molecular complexity index is 1430. The van der Waals surface area contributed by atoms with Gasteiger partial charge >= 0.3 is 0 Å². The van der Waals surface area contributed by atoms with Crippen molar-refractivity contribution in [3.63, 3.8) is 0 Å². The fourth-order valence-electron chi connectivity index (χ4n) is 8.36. The molecule has 6 nitrogen and oxygen atoms in total. The third-order valence-corrected chi connectivity index (χ3v) is 10.2. The van der Waals surface area contributed by atoms with Gasteiger partial charge in [0.2, 0.25) is 0 Å². The summed E-state index contributed by atoms with van der Waals surface area (Å²) in [6.07, 6.45) is 6.25. The number of benzene rings is 3. The van der Waals surface area contributed by atoms with E-state index in [2.05, 4.69) is 80.5 Å². The van der Waals surface area contributed by atoms with Crippen LogP contribution in [0, 0.1) is 0 Å². The number of fused-ring (bicyclic) bond motifs is 6. The van der Waals surface area contributed by atoms with E-state index in [1.54, 1.807) is 0 Å². The molecule has 48 heavy (non-hydrogen) atoms. The third kappa shape index (κ3) is 5.98. The van der Waals surface area contributed by atoms with Crippen LogP contribution in [0.2, 0.25) is 0 Å². The molecule has 258 valence electrons. The summed E-state index contributed by atoms with van der Waals surface area (Å²) in [5.41, 5.74) is 12.8. The molecule has 0 N–H and O–H groups in total. The zero-order valence-electron chi connectivity index (χ0n) is 30.7. The van der Waals surface area contributed by atoms with Crippen LogP contribution >= 0.6 is 0 Å². The molecule has 9 rings (SSSR count). The van der Waals surface area contributed by atoms with Crippen LogP contribution in [0.1, 0.15) is 112 Å². The first-order valence-corrected chi connectivity index (χ1v) is 18.1. The molecule has 0 bridgehead atoms. The third-order valence-electron chi connectivity index (χ3n) is 10.2. The highest BCUT2D eigenvalue weighted by atomic mass is 16.5. The zero-order valence-corrected chi connectivity index (χ0v) is 30.7. The first-order chi connectivity index (χ1) is 22.7. The molecular weight excluding hydrogens is 600 g/mol. The van der Waals surface area contributed by atoms with Crippen LogP contribution < -0.4 is 28.4 Å². The summed E-state index contributed by atoms with van der Waals surface area (Å²) in [5.74, 6) is 6.50. The van der Waals surface area contributed by atoms with E-state index in [9.17, 15) is 0 Å². The summed E-state index contributed by atoms with van der Waals surface area (Å²) >= 11 is 0. The lowest BCUT2D eigenvalue weighted by atomic mass is 9.79. The summed E-state index contributed by atoms with van der Waals surface area (Å²) < 4.78 is 34.5. The quantitative estimate of drug-likeness (QED) is 0.242. The predicted octanol–water partition coefficient (Wildman–Crippen LogP) is 8.56. The van der Waals surface area contributed by atoms with Gasteiger partial charge < -0.3 is 28.4 Å². The lowest BCUT2D eigenvalue weighted by Crippen LogP contribution is -2.16. The molecule has 0 saturated heterocycles. The van der Waals surface area contributed by atoms with Crippen LogP contribution in [0.25, 0.3) is 0 Å². The Labute approximate surface area is 287 Å². The van der Waals surface area contributed by atoms with E-state index in [1.165, 1.54) is 50.1 Å². The van der Waals surface area contributed by atoms with E-state index in [1.807, 2.05) is 0 Å². The van der Waals surface area contributed by atoms with E-state index in [0.29, 0.717) is 0 Å². The summed E-state index contributed by atoms with van der Waals surface area (Å²) in [4.78, 5) is 0. The molecule has 0 radical (unpaired) electrons. The van der Waals surface area contributed by atoms with E-state index in [-0.39, 0.29) is 16.2 Å². The van der Waals surface area contributed by atoms with Gasteiger partial charge in [-0.1, -0.05) is 62.3 Å². The van der Waals surface area contributed by atoms with E-state index in [0.717, 1.165) is 113 Å². The van der Waals surface area contributed by atoms with Crippen LogP contribution in [0.3, 0.4) is 0 Å². The van der Waals surface area contributed by atoms with Crippen LogP contribution in [-0.2, 0) is 54.8 Å². The average molecular weight is 655 g/mol. The normalized spacial score (nSPS) is 17.7. The van der Waals surface area contributed by atoms with Gasteiger partial charge in [-0.25, -0.2) is 0 Å². The van der Waals surface area contributed by atoms with Crippen LogP contribution in [-0.4, -0.2) is 39.6 Å². The molecule has 6 aliphatic heterocycles. The lowest BCUT2D eigenvalue weighted by Gasteiger charge is -2.25. The van der Waals surface area contributed by atoms with E-state index in [4.69, 9.17) is 28.4 Å². The minimum Gasteiger partial charge on any atom is -0.493 e. The van der Waals surface area contributed by atoms with Crippen molar-refractivity contribution < 1.29 is 28.4 Å². The van der Waals surface area contributed by atoms with Crippen molar-refractivity contribution >= 4 is 0 Å². The number of rotatable bonds is 0. The van der Waals surface area contributed by atoms with Gasteiger partial charge in [-0.05, 0) is 45.1 Å². The molecule has 6 heteroatoms. The Morgan fingerprint density at radius 1 is 0.354 bits per heavy atom. The van der Waals surface area contributed by atoms with Crippen molar-refractivity contribution in [2.75, 3.05) is 39.6 Å². The molecule has 0 saturated carbocycles. The van der Waals surface area contributed by atoms with Crippen molar-refractivity contribution in [1.29, 1.82) is 0 Å². The van der Waals surface area contributed by atoms with Gasteiger partial charge in [0.25, 0.3) is 0 Å². The van der Waals surface area contributed by atoms with Crippen molar-refractivity contribution in [1.82, 2.24) is 0 Å². The molecule has 6 heterocycles. The second kappa shape index (κ2) is 12.1. The van der Waals surface area contributed by atoms with Crippen molar-refractivity contribution in [3.8, 4) is 34.5 Å². The molecule has 3 aromatic carbocycles. The van der Waals surface area contributed by atoms with Crippen LogP contribution in [0.15, 0.2) is 18.2 Å².